The van der Waals surface area contributed by atoms with E-state index in [0.29, 0.717) is 0 Å². The van der Waals surface area contributed by atoms with Crippen molar-refractivity contribution in [3.63, 3.8) is 0 Å². The van der Waals surface area contributed by atoms with Gasteiger partial charge in [0, 0.05) is 10.3 Å². The zero-order valence-electron chi connectivity index (χ0n) is 16.2. The lowest BCUT2D eigenvalue weighted by molar-refractivity contribution is 0.0247. The molecule has 4 heteroatoms. The second-order valence-electron chi connectivity index (χ2n) is 3.57. The number of carbonyl (C=O) groups is 1. The van der Waals surface area contributed by atoms with Crippen molar-refractivity contribution in [3.05, 3.63) is 11.9 Å². The second kappa shape index (κ2) is 3.90. The quantitative estimate of drug-likeness (QED) is 0.610. The lowest BCUT2D eigenvalue weighted by atomic mass is 10.2. The molecule has 4 nitrogen and oxygen atoms in total. The van der Waals surface area contributed by atoms with E-state index >= 15 is 0 Å². The first-order valence-corrected chi connectivity index (χ1v) is 3.94. The van der Waals surface area contributed by atoms with Gasteiger partial charge in [-0.05, 0) is 27.6 Å². The van der Waals surface area contributed by atoms with Crippen LogP contribution in [-0.4, -0.2) is 29.7 Å². The predicted octanol–water partition coefficient (Wildman–Crippen LogP) is 2.12. The summed E-state index contributed by atoms with van der Waals surface area (Å²) in [4.78, 5) is 12.1. The van der Waals surface area contributed by atoms with Crippen LogP contribution in [-0.2, 0) is 9.47 Å². The van der Waals surface area contributed by atoms with Gasteiger partial charge in [0.25, 0.3) is 0 Å². The molecule has 0 saturated heterocycles. The molecule has 1 heterocycles. The van der Waals surface area contributed by atoms with E-state index in [4.69, 9.17) is 15.7 Å². The summed E-state index contributed by atoms with van der Waals surface area (Å²) in [5.41, 5.74) is -1.04. The van der Waals surface area contributed by atoms with Crippen LogP contribution in [0.3, 0.4) is 0 Å². The van der Waals surface area contributed by atoms with Gasteiger partial charge in [-0.3, -0.25) is 4.90 Å². The number of hydrogen-bond acceptors (Lipinski definition) is 3. The first kappa shape index (κ1) is 4.13. The maximum atomic E-state index is 12.1. The third-order valence-corrected chi connectivity index (χ3v) is 1.10. The van der Waals surface area contributed by atoms with Gasteiger partial charge < -0.3 is 9.47 Å². The monoisotopic (exact) mass is 207 g/mol. The van der Waals surface area contributed by atoms with Crippen LogP contribution in [0.1, 0.15) is 38.6 Å². The Labute approximate surface area is 95.7 Å². The van der Waals surface area contributed by atoms with Gasteiger partial charge >= 0.3 is 6.09 Å². The summed E-state index contributed by atoms with van der Waals surface area (Å²) in [6.07, 6.45) is -2.48. The average molecular weight is 207 g/mol. The van der Waals surface area contributed by atoms with Gasteiger partial charge in [0.15, 0.2) is 0 Å². The van der Waals surface area contributed by atoms with E-state index < -0.39 is 43.5 Å². The summed E-state index contributed by atoms with van der Waals surface area (Å²) >= 11 is 0. The standard InChI is InChI=1S/C10H17NO3/c1-8-7-11(5-6-13-8)9(12)14-10(2,3)4/h7H,5-6H2,1-4H3/i1D3,5D2,6D2,7D. The fourth-order valence-corrected chi connectivity index (χ4v) is 0.671. The number of hydrogen-bond donors (Lipinski definition) is 0. The first-order valence-electron chi connectivity index (χ1n) is 7.94. The average Bonchev–Trinajstić information content (AvgIpc) is 2.19. The van der Waals surface area contributed by atoms with Crippen LogP contribution in [0.25, 0.3) is 0 Å². The molecule has 0 N–H and O–H groups in total. The normalized spacial score (nSPS) is 34.4. The molecule has 1 aliphatic rings. The van der Waals surface area contributed by atoms with Gasteiger partial charge in [-0.25, -0.2) is 4.79 Å². The number of ether oxygens (including phenoxy) is 2. The second-order valence-corrected chi connectivity index (χ2v) is 3.57. The third-order valence-electron chi connectivity index (χ3n) is 1.10. The van der Waals surface area contributed by atoms with Crippen molar-refractivity contribution in [2.75, 3.05) is 13.1 Å². The lowest BCUT2D eigenvalue weighted by Crippen LogP contribution is -2.37. The molecular formula is C10H17NO3. The van der Waals surface area contributed by atoms with Crippen molar-refractivity contribution in [2.45, 2.75) is 33.2 Å². The molecule has 0 atom stereocenters. The highest BCUT2D eigenvalue weighted by Crippen LogP contribution is 2.13. The largest absolute Gasteiger partial charge is 0.495 e. The van der Waals surface area contributed by atoms with Crippen LogP contribution < -0.4 is 0 Å². The molecule has 1 aliphatic heterocycles. The highest BCUT2D eigenvalue weighted by molar-refractivity contribution is 5.69. The Morgan fingerprint density at radius 1 is 1.86 bits per heavy atom. The minimum absolute atomic E-state index is 0.0173. The van der Waals surface area contributed by atoms with Crippen molar-refractivity contribution < 1.29 is 25.2 Å². The summed E-state index contributed by atoms with van der Waals surface area (Å²) < 4.78 is 69.4. The van der Waals surface area contributed by atoms with E-state index in [2.05, 4.69) is 4.74 Å². The molecule has 0 radical (unpaired) electrons. The molecule has 0 aliphatic carbocycles. The molecule has 1 amide bonds. The highest BCUT2D eigenvalue weighted by Gasteiger charge is 2.22. The van der Waals surface area contributed by atoms with Gasteiger partial charge in [-0.1, -0.05) is 0 Å². The fourth-order valence-electron chi connectivity index (χ4n) is 0.671. The fraction of sp³-hybridized carbons (Fsp3) is 0.700. The van der Waals surface area contributed by atoms with Crippen molar-refractivity contribution >= 4 is 6.09 Å². The maximum absolute atomic E-state index is 12.1. The molecule has 0 saturated carbocycles. The van der Waals surface area contributed by atoms with Crippen LogP contribution in [0.5, 0.6) is 0 Å². The van der Waals surface area contributed by atoms with Crippen molar-refractivity contribution in [1.82, 2.24) is 4.90 Å². The molecule has 0 bridgehead atoms. The van der Waals surface area contributed by atoms with Crippen LogP contribution in [0.15, 0.2) is 11.9 Å². The number of nitrogens with zero attached hydrogens (tertiary/aromatic N) is 1. The highest BCUT2D eigenvalue weighted by atomic mass is 16.6. The molecule has 0 spiro atoms. The Morgan fingerprint density at radius 3 is 3.14 bits per heavy atom. The topological polar surface area (TPSA) is 38.8 Å². The van der Waals surface area contributed by atoms with E-state index in [9.17, 15) is 4.79 Å². The number of amides is 1. The molecule has 0 aromatic heterocycles. The Balaban J connectivity index is 3.44. The smallest absolute Gasteiger partial charge is 0.414 e. The van der Waals surface area contributed by atoms with Gasteiger partial charge in [0.1, 0.15) is 17.9 Å². The number of allylic oxidation sites excluding steroid dienone is 1. The molecule has 0 aromatic rings. The Hall–Kier alpha value is -1.19. The van der Waals surface area contributed by atoms with Crippen molar-refractivity contribution in [2.24, 2.45) is 0 Å². The molecular weight excluding hydrogens is 182 g/mol. The van der Waals surface area contributed by atoms with Crippen LogP contribution >= 0.6 is 0 Å². The summed E-state index contributed by atoms with van der Waals surface area (Å²) in [5.74, 6) is -1.11. The molecule has 0 aromatic carbocycles. The molecule has 0 unspecified atom stereocenters. The molecule has 0 fully saturated rings. The summed E-state index contributed by atoms with van der Waals surface area (Å²) in [7, 11) is 0. The van der Waals surface area contributed by atoms with Crippen LogP contribution in [0.2, 0.25) is 0 Å². The summed E-state index contributed by atoms with van der Waals surface area (Å²) in [6.45, 7) is -4.84. The zero-order valence-corrected chi connectivity index (χ0v) is 8.17. The minimum Gasteiger partial charge on any atom is -0.495 e. The maximum Gasteiger partial charge on any atom is 0.414 e. The predicted molar refractivity (Wildman–Crippen MR) is 52.6 cm³/mol. The lowest BCUT2D eigenvalue weighted by Gasteiger charge is -2.27. The Bertz CT molecular complexity index is 505. The van der Waals surface area contributed by atoms with Gasteiger partial charge in [-0.15, -0.1) is 0 Å². The first-order chi connectivity index (χ1) is 9.51. The van der Waals surface area contributed by atoms with Gasteiger partial charge in [0.2, 0.25) is 0 Å². The number of carbonyl (C=O) groups excluding carboxylic acids is 1. The van der Waals surface area contributed by atoms with Crippen LogP contribution in [0.4, 0.5) is 4.79 Å². The molecule has 14 heavy (non-hydrogen) atoms. The summed E-state index contributed by atoms with van der Waals surface area (Å²) in [5, 5.41) is 0. The van der Waals surface area contributed by atoms with E-state index in [1.54, 1.807) is 0 Å². The molecule has 1 rings (SSSR count). The number of rotatable bonds is 0. The van der Waals surface area contributed by atoms with E-state index in [-0.39, 0.29) is 4.90 Å². The van der Waals surface area contributed by atoms with Gasteiger partial charge in [-0.2, -0.15) is 0 Å². The van der Waals surface area contributed by atoms with E-state index in [1.165, 1.54) is 20.8 Å². The molecule has 80 valence electrons. The van der Waals surface area contributed by atoms with E-state index in [0.717, 1.165) is 0 Å². The summed E-state index contributed by atoms with van der Waals surface area (Å²) in [6, 6.07) is 0. The Morgan fingerprint density at radius 2 is 2.57 bits per heavy atom. The minimum atomic E-state index is -3.17. The van der Waals surface area contributed by atoms with Crippen molar-refractivity contribution in [3.8, 4) is 0 Å². The van der Waals surface area contributed by atoms with Crippen molar-refractivity contribution in [1.29, 1.82) is 0 Å². The Kier molecular flexibility index (Phi) is 1.15. The van der Waals surface area contributed by atoms with Crippen LogP contribution in [0, 0.1) is 0 Å². The SMILES string of the molecule is [2H]C1=C(C([2H])([2H])[2H])OC([2H])([2H])C([2H])([2H])N1C(=O)OC(C)(C)C. The van der Waals surface area contributed by atoms with Gasteiger partial charge in [0.05, 0.1) is 13.4 Å². The third kappa shape index (κ3) is 3.28. The van der Waals surface area contributed by atoms with E-state index in [1.807, 2.05) is 0 Å². The zero-order chi connectivity index (χ0) is 17.7.